The number of hydrogen-bond acceptors (Lipinski definition) is 3. The molecule has 1 atom stereocenters. The molecule has 6 heteroatoms. The van der Waals surface area contributed by atoms with Crippen molar-refractivity contribution < 1.29 is 13.2 Å². The van der Waals surface area contributed by atoms with Gasteiger partial charge in [-0.2, -0.15) is 13.2 Å². The van der Waals surface area contributed by atoms with Crippen LogP contribution in [0.15, 0.2) is 42.6 Å². The summed E-state index contributed by atoms with van der Waals surface area (Å²) in [6.07, 6.45) is -2.22. The fourth-order valence-corrected chi connectivity index (χ4v) is 2.33. The highest BCUT2D eigenvalue weighted by Crippen LogP contribution is 2.36. The van der Waals surface area contributed by atoms with Crippen LogP contribution in [-0.2, 0) is 12.6 Å². The predicted molar refractivity (Wildman–Crippen MR) is 74.2 cm³/mol. The zero-order chi connectivity index (χ0) is 15.5. The number of benzene rings is 1. The van der Waals surface area contributed by atoms with Crippen LogP contribution in [0, 0.1) is 0 Å². The Balaban J connectivity index is 2.58. The lowest BCUT2D eigenvalue weighted by Crippen LogP contribution is -2.32. The standard InChI is InChI=1S/C15H16F3N3/c1-2-10-6-5-9-20-13(10)14(21-19)11-7-3-4-8-12(11)15(16,17)18/h3-9,14,21H,2,19H2,1H3. The SMILES string of the molecule is CCc1cccnc1C(NN)c1ccccc1C(F)(F)F. The van der Waals surface area contributed by atoms with E-state index in [0.29, 0.717) is 12.1 Å². The average molecular weight is 295 g/mol. The van der Waals surface area contributed by atoms with E-state index in [0.717, 1.165) is 11.6 Å². The highest BCUT2D eigenvalue weighted by Gasteiger charge is 2.35. The summed E-state index contributed by atoms with van der Waals surface area (Å²) in [5, 5.41) is 0. The second-order valence-corrected chi connectivity index (χ2v) is 4.59. The lowest BCUT2D eigenvalue weighted by atomic mass is 9.94. The molecule has 0 fully saturated rings. The van der Waals surface area contributed by atoms with Gasteiger partial charge in [0.2, 0.25) is 0 Å². The first kappa shape index (κ1) is 15.5. The van der Waals surface area contributed by atoms with Crippen LogP contribution < -0.4 is 11.3 Å². The van der Waals surface area contributed by atoms with E-state index in [4.69, 9.17) is 5.84 Å². The molecular formula is C15H16F3N3. The highest BCUT2D eigenvalue weighted by molar-refractivity contribution is 5.39. The number of nitrogens with one attached hydrogen (secondary N) is 1. The summed E-state index contributed by atoms with van der Waals surface area (Å²) in [5.41, 5.74) is 3.19. The summed E-state index contributed by atoms with van der Waals surface area (Å²) in [4.78, 5) is 4.21. The molecule has 1 aromatic heterocycles. The minimum absolute atomic E-state index is 0.0703. The maximum atomic E-state index is 13.2. The van der Waals surface area contributed by atoms with Crippen LogP contribution in [0.4, 0.5) is 13.2 Å². The number of hydrogen-bond donors (Lipinski definition) is 2. The van der Waals surface area contributed by atoms with Crippen LogP contribution in [0.1, 0.15) is 35.3 Å². The number of pyridine rings is 1. The molecule has 3 N–H and O–H groups in total. The first-order valence-electron chi connectivity index (χ1n) is 6.55. The van der Waals surface area contributed by atoms with Crippen molar-refractivity contribution in [2.75, 3.05) is 0 Å². The molecule has 3 nitrogen and oxygen atoms in total. The van der Waals surface area contributed by atoms with Crippen LogP contribution in [0.3, 0.4) is 0 Å². The van der Waals surface area contributed by atoms with Gasteiger partial charge in [0.25, 0.3) is 0 Å². The van der Waals surface area contributed by atoms with Crippen molar-refractivity contribution in [1.82, 2.24) is 10.4 Å². The van der Waals surface area contributed by atoms with Crippen LogP contribution in [-0.4, -0.2) is 4.98 Å². The Kier molecular flexibility index (Phi) is 4.59. The molecule has 1 unspecified atom stereocenters. The van der Waals surface area contributed by atoms with E-state index >= 15 is 0 Å². The Labute approximate surface area is 121 Å². The molecule has 2 rings (SSSR count). The van der Waals surface area contributed by atoms with Crippen molar-refractivity contribution >= 4 is 0 Å². The molecule has 0 bridgehead atoms. The van der Waals surface area contributed by atoms with E-state index in [2.05, 4.69) is 10.4 Å². The monoisotopic (exact) mass is 295 g/mol. The van der Waals surface area contributed by atoms with Crippen LogP contribution >= 0.6 is 0 Å². The van der Waals surface area contributed by atoms with Gasteiger partial charge in [0.15, 0.2) is 0 Å². The largest absolute Gasteiger partial charge is 0.416 e. The molecule has 0 radical (unpaired) electrons. The molecule has 0 spiro atoms. The van der Waals surface area contributed by atoms with Gasteiger partial charge in [0.05, 0.1) is 17.3 Å². The second-order valence-electron chi connectivity index (χ2n) is 4.59. The molecule has 0 aliphatic rings. The van der Waals surface area contributed by atoms with E-state index in [1.165, 1.54) is 12.1 Å². The highest BCUT2D eigenvalue weighted by atomic mass is 19.4. The first-order valence-corrected chi connectivity index (χ1v) is 6.55. The van der Waals surface area contributed by atoms with Crippen LogP contribution in [0.2, 0.25) is 0 Å². The van der Waals surface area contributed by atoms with Crippen LogP contribution in [0.25, 0.3) is 0 Å². The number of rotatable bonds is 4. The van der Waals surface area contributed by atoms with E-state index < -0.39 is 17.8 Å². The molecule has 2 aromatic rings. The van der Waals surface area contributed by atoms with Crippen molar-refractivity contribution in [2.45, 2.75) is 25.6 Å². The van der Waals surface area contributed by atoms with Crippen molar-refractivity contribution in [3.63, 3.8) is 0 Å². The van der Waals surface area contributed by atoms with Gasteiger partial charge in [-0.05, 0) is 29.7 Å². The van der Waals surface area contributed by atoms with Crippen molar-refractivity contribution in [2.24, 2.45) is 5.84 Å². The van der Waals surface area contributed by atoms with Gasteiger partial charge < -0.3 is 0 Å². The summed E-state index contributed by atoms with van der Waals surface area (Å²) < 4.78 is 39.5. The van der Waals surface area contributed by atoms with E-state index in [-0.39, 0.29) is 5.56 Å². The fourth-order valence-electron chi connectivity index (χ4n) is 2.33. The van der Waals surface area contributed by atoms with Gasteiger partial charge in [0, 0.05) is 6.20 Å². The molecule has 0 saturated heterocycles. The summed E-state index contributed by atoms with van der Waals surface area (Å²) in [6.45, 7) is 1.92. The smallest absolute Gasteiger partial charge is 0.271 e. The summed E-state index contributed by atoms with van der Waals surface area (Å²) in [5.74, 6) is 5.52. The summed E-state index contributed by atoms with van der Waals surface area (Å²) in [7, 11) is 0. The van der Waals surface area contributed by atoms with Crippen molar-refractivity contribution in [1.29, 1.82) is 0 Å². The molecule has 1 aromatic carbocycles. The Bertz CT molecular complexity index is 611. The third kappa shape index (κ3) is 3.22. The maximum absolute atomic E-state index is 13.2. The second kappa shape index (κ2) is 6.24. The molecular weight excluding hydrogens is 279 g/mol. The number of aromatic nitrogens is 1. The number of hydrazine groups is 1. The summed E-state index contributed by atoms with van der Waals surface area (Å²) >= 11 is 0. The summed E-state index contributed by atoms with van der Waals surface area (Å²) in [6, 6.07) is 8.17. The zero-order valence-electron chi connectivity index (χ0n) is 11.5. The molecule has 112 valence electrons. The number of aryl methyl sites for hydroxylation is 1. The van der Waals surface area contributed by atoms with Gasteiger partial charge in [-0.15, -0.1) is 0 Å². The molecule has 0 amide bonds. The number of alkyl halides is 3. The van der Waals surface area contributed by atoms with Gasteiger partial charge >= 0.3 is 6.18 Å². The fraction of sp³-hybridized carbons (Fsp3) is 0.267. The Morgan fingerprint density at radius 2 is 1.90 bits per heavy atom. The van der Waals surface area contributed by atoms with E-state index in [1.807, 2.05) is 13.0 Å². The molecule has 0 saturated carbocycles. The number of nitrogens with zero attached hydrogens (tertiary/aromatic N) is 1. The Morgan fingerprint density at radius 3 is 2.52 bits per heavy atom. The van der Waals surface area contributed by atoms with Crippen molar-refractivity contribution in [3.8, 4) is 0 Å². The normalized spacial score (nSPS) is 13.2. The van der Waals surface area contributed by atoms with Crippen molar-refractivity contribution in [3.05, 3.63) is 65.0 Å². The van der Waals surface area contributed by atoms with Gasteiger partial charge in [-0.3, -0.25) is 10.8 Å². The van der Waals surface area contributed by atoms with E-state index in [1.54, 1.807) is 18.3 Å². The number of halogens is 3. The van der Waals surface area contributed by atoms with Gasteiger partial charge in [0.1, 0.15) is 0 Å². The van der Waals surface area contributed by atoms with Crippen LogP contribution in [0.5, 0.6) is 0 Å². The quantitative estimate of drug-likeness (QED) is 0.672. The lowest BCUT2D eigenvalue weighted by Gasteiger charge is -2.22. The van der Waals surface area contributed by atoms with E-state index in [9.17, 15) is 13.2 Å². The topological polar surface area (TPSA) is 50.9 Å². The molecule has 21 heavy (non-hydrogen) atoms. The molecule has 0 aliphatic heterocycles. The third-order valence-electron chi connectivity index (χ3n) is 3.32. The number of nitrogens with two attached hydrogens (primary N) is 1. The molecule has 1 heterocycles. The minimum atomic E-state index is -4.44. The average Bonchev–Trinajstić information content (AvgIpc) is 2.48. The minimum Gasteiger partial charge on any atom is -0.271 e. The van der Waals surface area contributed by atoms with Gasteiger partial charge in [-0.25, -0.2) is 5.43 Å². The Morgan fingerprint density at radius 1 is 1.19 bits per heavy atom. The first-order chi connectivity index (χ1) is 9.99. The zero-order valence-corrected chi connectivity index (χ0v) is 11.5. The predicted octanol–water partition coefficient (Wildman–Crippen LogP) is 3.22. The Hall–Kier alpha value is -1.92. The lowest BCUT2D eigenvalue weighted by molar-refractivity contribution is -0.138. The third-order valence-corrected chi connectivity index (χ3v) is 3.32. The van der Waals surface area contributed by atoms with Gasteiger partial charge in [-0.1, -0.05) is 31.2 Å². The molecule has 0 aliphatic carbocycles. The maximum Gasteiger partial charge on any atom is 0.416 e.